The van der Waals surface area contributed by atoms with Crippen LogP contribution in [0.2, 0.25) is 0 Å². The van der Waals surface area contributed by atoms with Gasteiger partial charge in [0.1, 0.15) is 5.56 Å². The van der Waals surface area contributed by atoms with Gasteiger partial charge in [0, 0.05) is 11.3 Å². The summed E-state index contributed by atoms with van der Waals surface area (Å²) in [6, 6.07) is 7.53. The number of hydrogen-bond acceptors (Lipinski definition) is 3. The quantitative estimate of drug-likeness (QED) is 0.814. The van der Waals surface area contributed by atoms with E-state index in [1.54, 1.807) is 6.92 Å². The van der Waals surface area contributed by atoms with E-state index in [1.807, 2.05) is 31.2 Å². The van der Waals surface area contributed by atoms with Crippen LogP contribution < -0.4 is 0 Å². The second-order valence-electron chi connectivity index (χ2n) is 4.07. The lowest BCUT2D eigenvalue weighted by Gasteiger charge is -2.08. The fraction of sp³-hybridized carbons (Fsp3) is 0.154. The van der Waals surface area contributed by atoms with Crippen LogP contribution in [0.5, 0.6) is 0 Å². The molecule has 0 fully saturated rings. The molecular formula is C13H12N2O2S. The highest BCUT2D eigenvalue weighted by Gasteiger charge is 2.17. The van der Waals surface area contributed by atoms with Crippen LogP contribution in [0.3, 0.4) is 0 Å². The molecule has 0 aliphatic rings. The maximum absolute atomic E-state index is 11.3. The van der Waals surface area contributed by atoms with E-state index >= 15 is 0 Å². The van der Waals surface area contributed by atoms with Gasteiger partial charge >= 0.3 is 5.97 Å². The van der Waals surface area contributed by atoms with Gasteiger partial charge in [0.25, 0.3) is 0 Å². The second kappa shape index (κ2) is 4.70. The molecule has 5 heteroatoms. The number of aromatic nitrogens is 2. The Hall–Kier alpha value is -2.01. The fourth-order valence-corrected chi connectivity index (χ4v) is 2.09. The molecule has 1 aromatic heterocycles. The first kappa shape index (κ1) is 12.4. The zero-order chi connectivity index (χ0) is 13.3. The van der Waals surface area contributed by atoms with Gasteiger partial charge in [-0.25, -0.2) is 9.78 Å². The second-order valence-corrected chi connectivity index (χ2v) is 4.45. The number of nitrogens with zero attached hydrogens (tertiary/aromatic N) is 1. The molecule has 92 valence electrons. The maximum atomic E-state index is 11.3. The average Bonchev–Trinajstić information content (AvgIpc) is 2.27. The SMILES string of the molecule is Cc1cccc(-c2nc(=S)[nH]c(C)c2C(=O)O)c1. The number of rotatable bonds is 2. The van der Waals surface area contributed by atoms with E-state index in [2.05, 4.69) is 9.97 Å². The van der Waals surface area contributed by atoms with Crippen molar-refractivity contribution in [2.24, 2.45) is 0 Å². The Labute approximate surface area is 109 Å². The topological polar surface area (TPSA) is 66.0 Å². The van der Waals surface area contributed by atoms with E-state index in [1.165, 1.54) is 0 Å². The Morgan fingerprint density at radius 3 is 2.72 bits per heavy atom. The smallest absolute Gasteiger partial charge is 0.339 e. The molecule has 0 saturated heterocycles. The fourth-order valence-electron chi connectivity index (χ4n) is 1.85. The predicted molar refractivity (Wildman–Crippen MR) is 71.3 cm³/mol. The van der Waals surface area contributed by atoms with E-state index < -0.39 is 5.97 Å². The molecule has 2 rings (SSSR count). The number of carbonyl (C=O) groups is 1. The monoisotopic (exact) mass is 260 g/mol. The molecule has 1 aromatic carbocycles. The van der Waals surface area contributed by atoms with E-state index in [4.69, 9.17) is 12.2 Å². The van der Waals surface area contributed by atoms with Gasteiger partial charge in [-0.05, 0) is 32.1 Å². The summed E-state index contributed by atoms with van der Waals surface area (Å²) in [5.74, 6) is -1.01. The number of H-pyrrole nitrogens is 1. The summed E-state index contributed by atoms with van der Waals surface area (Å²) >= 11 is 5.01. The van der Waals surface area contributed by atoms with E-state index in [0.29, 0.717) is 11.4 Å². The summed E-state index contributed by atoms with van der Waals surface area (Å²) in [6.45, 7) is 3.63. The molecule has 0 saturated carbocycles. The van der Waals surface area contributed by atoms with Crippen molar-refractivity contribution in [1.29, 1.82) is 0 Å². The van der Waals surface area contributed by atoms with Gasteiger partial charge in [0.2, 0.25) is 0 Å². The minimum absolute atomic E-state index is 0.161. The maximum Gasteiger partial charge on any atom is 0.339 e. The summed E-state index contributed by atoms with van der Waals surface area (Å²) in [5, 5.41) is 9.27. The highest BCUT2D eigenvalue weighted by Crippen LogP contribution is 2.23. The minimum Gasteiger partial charge on any atom is -0.478 e. The minimum atomic E-state index is -1.01. The molecule has 0 aliphatic carbocycles. The Morgan fingerprint density at radius 2 is 2.11 bits per heavy atom. The average molecular weight is 260 g/mol. The van der Waals surface area contributed by atoms with Gasteiger partial charge in [-0.1, -0.05) is 23.8 Å². The van der Waals surface area contributed by atoms with Crippen molar-refractivity contribution in [1.82, 2.24) is 9.97 Å². The molecule has 2 N–H and O–H groups in total. The zero-order valence-corrected chi connectivity index (χ0v) is 10.8. The molecule has 18 heavy (non-hydrogen) atoms. The lowest BCUT2D eigenvalue weighted by Crippen LogP contribution is -2.07. The molecule has 1 heterocycles. The number of benzene rings is 1. The molecule has 0 atom stereocenters. The van der Waals surface area contributed by atoms with Gasteiger partial charge in [-0.2, -0.15) is 0 Å². The standard InChI is InChI=1S/C13H12N2O2S/c1-7-4-3-5-9(6-7)11-10(12(16)17)8(2)14-13(18)15-11/h3-6H,1-2H3,(H,16,17)(H,14,15,18). The molecule has 4 nitrogen and oxygen atoms in total. The number of aromatic carboxylic acids is 1. The van der Waals surface area contributed by atoms with Gasteiger partial charge in [0.05, 0.1) is 5.69 Å². The first-order chi connectivity index (χ1) is 8.49. The van der Waals surface area contributed by atoms with Crippen LogP contribution in [0.1, 0.15) is 21.6 Å². The predicted octanol–water partition coefficient (Wildman–Crippen LogP) is 3.12. The van der Waals surface area contributed by atoms with Crippen LogP contribution in [0, 0.1) is 18.6 Å². The summed E-state index contributed by atoms with van der Waals surface area (Å²) < 4.78 is 0.286. The summed E-state index contributed by atoms with van der Waals surface area (Å²) in [4.78, 5) is 18.2. The number of carboxylic acid groups (broad SMARTS) is 1. The van der Waals surface area contributed by atoms with Crippen LogP contribution in [0.15, 0.2) is 24.3 Å². The lowest BCUT2D eigenvalue weighted by atomic mass is 10.0. The van der Waals surface area contributed by atoms with Crippen molar-refractivity contribution in [3.05, 3.63) is 45.9 Å². The molecule has 2 aromatic rings. The number of hydrogen-bond donors (Lipinski definition) is 2. The van der Waals surface area contributed by atoms with Gasteiger partial charge in [-0.3, -0.25) is 0 Å². The molecule has 0 aliphatic heterocycles. The first-order valence-electron chi connectivity index (χ1n) is 5.40. The van der Waals surface area contributed by atoms with Crippen molar-refractivity contribution in [2.45, 2.75) is 13.8 Å². The van der Waals surface area contributed by atoms with Crippen molar-refractivity contribution < 1.29 is 9.90 Å². The molecule has 0 radical (unpaired) electrons. The van der Waals surface area contributed by atoms with Crippen LogP contribution in [-0.4, -0.2) is 21.0 Å². The zero-order valence-electron chi connectivity index (χ0n) is 10.0. The van der Waals surface area contributed by atoms with Crippen LogP contribution >= 0.6 is 12.2 Å². The molecule has 0 amide bonds. The van der Waals surface area contributed by atoms with Gasteiger partial charge in [0.15, 0.2) is 4.77 Å². The number of carboxylic acids is 1. The van der Waals surface area contributed by atoms with E-state index in [0.717, 1.165) is 11.1 Å². The van der Waals surface area contributed by atoms with Gasteiger partial charge in [-0.15, -0.1) is 0 Å². The van der Waals surface area contributed by atoms with E-state index in [-0.39, 0.29) is 10.3 Å². The number of nitrogens with one attached hydrogen (secondary N) is 1. The largest absolute Gasteiger partial charge is 0.478 e. The Balaban J connectivity index is 2.77. The number of aryl methyl sites for hydroxylation is 2. The molecule has 0 spiro atoms. The summed E-state index contributed by atoms with van der Waals surface area (Å²) in [5.41, 5.74) is 2.89. The Bertz CT molecular complexity index is 677. The van der Waals surface area contributed by atoms with E-state index in [9.17, 15) is 9.90 Å². The highest BCUT2D eigenvalue weighted by atomic mass is 32.1. The van der Waals surface area contributed by atoms with Crippen molar-refractivity contribution in [3.63, 3.8) is 0 Å². The molecule has 0 unspecified atom stereocenters. The van der Waals surface area contributed by atoms with Crippen molar-refractivity contribution in [2.75, 3.05) is 0 Å². The van der Waals surface area contributed by atoms with Crippen LogP contribution in [-0.2, 0) is 0 Å². The van der Waals surface area contributed by atoms with Crippen molar-refractivity contribution in [3.8, 4) is 11.3 Å². The van der Waals surface area contributed by atoms with Crippen LogP contribution in [0.25, 0.3) is 11.3 Å². The lowest BCUT2D eigenvalue weighted by molar-refractivity contribution is 0.0696. The van der Waals surface area contributed by atoms with Gasteiger partial charge < -0.3 is 10.1 Å². The Kier molecular flexibility index (Phi) is 3.25. The molecule has 0 bridgehead atoms. The highest BCUT2D eigenvalue weighted by molar-refractivity contribution is 7.71. The summed E-state index contributed by atoms with van der Waals surface area (Å²) in [6.07, 6.45) is 0. The number of aromatic amines is 1. The normalized spacial score (nSPS) is 10.3. The van der Waals surface area contributed by atoms with Crippen molar-refractivity contribution >= 4 is 18.2 Å². The third-order valence-electron chi connectivity index (χ3n) is 2.62. The molecular weight excluding hydrogens is 248 g/mol. The first-order valence-corrected chi connectivity index (χ1v) is 5.81. The third kappa shape index (κ3) is 2.31. The van der Waals surface area contributed by atoms with Crippen LogP contribution in [0.4, 0.5) is 0 Å². The summed E-state index contributed by atoms with van der Waals surface area (Å²) in [7, 11) is 0. The third-order valence-corrected chi connectivity index (χ3v) is 2.82. The Morgan fingerprint density at radius 1 is 1.39 bits per heavy atom.